The number of esters is 1. The number of allylic oxidation sites excluding steroid dienone is 3. The van der Waals surface area contributed by atoms with Crippen molar-refractivity contribution in [2.75, 3.05) is 0 Å². The summed E-state index contributed by atoms with van der Waals surface area (Å²) in [5.41, 5.74) is 0.298. The third-order valence-corrected chi connectivity index (χ3v) is 2.88. The number of carbonyl (C=O) groups excluding carboxylic acids is 1. The van der Waals surface area contributed by atoms with E-state index in [2.05, 4.69) is 0 Å². The van der Waals surface area contributed by atoms with Crippen LogP contribution in [0.3, 0.4) is 0 Å². The normalized spacial score (nSPS) is 19.6. The molecule has 0 bridgehead atoms. The van der Waals surface area contributed by atoms with Crippen LogP contribution in [0.25, 0.3) is 0 Å². The van der Waals surface area contributed by atoms with Gasteiger partial charge in [-0.25, -0.2) is 4.39 Å². The summed E-state index contributed by atoms with van der Waals surface area (Å²) in [6.45, 7) is 5.43. The van der Waals surface area contributed by atoms with Crippen LogP contribution >= 0.6 is 0 Å². The van der Waals surface area contributed by atoms with Crippen molar-refractivity contribution in [3.05, 3.63) is 65.9 Å². The molecule has 0 spiro atoms. The Bertz CT molecular complexity index is 538. The smallest absolute Gasteiger partial charge is 0.318 e. The van der Waals surface area contributed by atoms with Crippen molar-refractivity contribution in [1.82, 2.24) is 0 Å². The lowest BCUT2D eigenvalue weighted by molar-refractivity contribution is -0.152. The van der Waals surface area contributed by atoms with Crippen LogP contribution in [0, 0.1) is 5.92 Å². The molecule has 1 aromatic rings. The Balaban J connectivity index is 2.27. The van der Waals surface area contributed by atoms with E-state index in [4.69, 9.17) is 4.74 Å². The molecule has 1 aromatic carbocycles. The fourth-order valence-corrected chi connectivity index (χ4v) is 2.05. The van der Waals surface area contributed by atoms with Gasteiger partial charge in [-0.05, 0) is 38.5 Å². The molecule has 0 saturated heterocycles. The van der Waals surface area contributed by atoms with Crippen LogP contribution in [0.15, 0.2) is 54.4 Å². The third kappa shape index (κ3) is 3.56. The molecule has 0 fully saturated rings. The molecule has 3 heteroatoms. The van der Waals surface area contributed by atoms with Gasteiger partial charge in [0.05, 0.1) is 0 Å². The minimum Gasteiger partial charge on any atom is -0.459 e. The summed E-state index contributed by atoms with van der Waals surface area (Å²) in [5.74, 6) is -0.707. The zero-order chi connectivity index (χ0) is 14.8. The van der Waals surface area contributed by atoms with Gasteiger partial charge in [-0.2, -0.15) is 0 Å². The van der Waals surface area contributed by atoms with Crippen molar-refractivity contribution in [2.45, 2.75) is 32.3 Å². The van der Waals surface area contributed by atoms with Crippen LogP contribution in [0.4, 0.5) is 4.39 Å². The Hall–Kier alpha value is -1.90. The number of halogens is 1. The first-order valence-corrected chi connectivity index (χ1v) is 6.57. The number of hydrogen-bond acceptors (Lipinski definition) is 2. The van der Waals surface area contributed by atoms with E-state index >= 15 is 0 Å². The lowest BCUT2D eigenvalue weighted by Crippen LogP contribution is -2.30. The van der Waals surface area contributed by atoms with Crippen molar-refractivity contribution in [1.29, 1.82) is 0 Å². The minimum atomic E-state index is -0.571. The Morgan fingerprint density at radius 2 is 1.80 bits per heavy atom. The van der Waals surface area contributed by atoms with E-state index in [1.165, 1.54) is 18.2 Å². The van der Waals surface area contributed by atoms with Gasteiger partial charge in [0.15, 0.2) is 0 Å². The Morgan fingerprint density at radius 3 is 2.40 bits per heavy atom. The zero-order valence-electron chi connectivity index (χ0n) is 11.9. The summed E-state index contributed by atoms with van der Waals surface area (Å²) < 4.78 is 18.9. The van der Waals surface area contributed by atoms with E-state index in [0.717, 1.165) is 5.56 Å². The quantitative estimate of drug-likeness (QED) is 0.758. The molecule has 1 aliphatic rings. The predicted octanol–water partition coefficient (Wildman–Crippen LogP) is 4.11. The number of benzene rings is 1. The van der Waals surface area contributed by atoms with Crippen molar-refractivity contribution >= 4 is 5.97 Å². The van der Waals surface area contributed by atoms with Crippen LogP contribution in [-0.2, 0) is 9.53 Å². The summed E-state index contributed by atoms with van der Waals surface area (Å²) in [6.07, 6.45) is 4.23. The molecule has 0 saturated carbocycles. The van der Waals surface area contributed by atoms with E-state index in [-0.39, 0.29) is 5.83 Å². The molecule has 105 valence electrons. The first kappa shape index (κ1) is 14.5. The molecule has 2 rings (SSSR count). The van der Waals surface area contributed by atoms with Crippen LogP contribution in [-0.4, -0.2) is 11.6 Å². The first-order chi connectivity index (χ1) is 9.37. The van der Waals surface area contributed by atoms with Gasteiger partial charge in [-0.1, -0.05) is 36.4 Å². The molecule has 0 N–H and O–H groups in total. The largest absolute Gasteiger partial charge is 0.459 e. The van der Waals surface area contributed by atoms with Crippen molar-refractivity contribution < 1.29 is 13.9 Å². The van der Waals surface area contributed by atoms with E-state index in [1.54, 1.807) is 0 Å². The van der Waals surface area contributed by atoms with Gasteiger partial charge in [-0.3, -0.25) is 4.79 Å². The van der Waals surface area contributed by atoms with Gasteiger partial charge in [0.1, 0.15) is 17.3 Å². The fourth-order valence-electron chi connectivity index (χ4n) is 2.05. The average molecular weight is 273 g/mol. The predicted molar refractivity (Wildman–Crippen MR) is 76.6 cm³/mol. The molecular weight excluding hydrogens is 255 g/mol. The number of hydrogen-bond donors (Lipinski definition) is 0. The second-order valence-electron chi connectivity index (χ2n) is 5.73. The van der Waals surface area contributed by atoms with E-state index in [9.17, 15) is 9.18 Å². The molecule has 1 aliphatic carbocycles. The summed E-state index contributed by atoms with van der Waals surface area (Å²) in [5, 5.41) is 0. The van der Waals surface area contributed by atoms with Crippen LogP contribution in [0.2, 0.25) is 0 Å². The van der Waals surface area contributed by atoms with E-state index in [0.29, 0.717) is 5.92 Å². The molecule has 0 heterocycles. The molecule has 0 aromatic heterocycles. The summed E-state index contributed by atoms with van der Waals surface area (Å²) in [7, 11) is 0. The number of rotatable bonds is 2. The van der Waals surface area contributed by atoms with Crippen LogP contribution in [0.5, 0.6) is 0 Å². The molecule has 0 amide bonds. The lowest BCUT2D eigenvalue weighted by atomic mass is 9.82. The maximum atomic E-state index is 13.5. The van der Waals surface area contributed by atoms with Gasteiger partial charge in [0.2, 0.25) is 0 Å². The second kappa shape index (κ2) is 5.61. The van der Waals surface area contributed by atoms with E-state index < -0.39 is 17.5 Å². The summed E-state index contributed by atoms with van der Waals surface area (Å²) in [6, 6.07) is 9.36. The van der Waals surface area contributed by atoms with E-state index in [1.807, 2.05) is 51.1 Å². The molecule has 2 nitrogen and oxygen atoms in total. The molecule has 1 unspecified atom stereocenters. The summed E-state index contributed by atoms with van der Waals surface area (Å²) >= 11 is 0. The minimum absolute atomic E-state index is 0.342. The van der Waals surface area contributed by atoms with Crippen molar-refractivity contribution in [3.8, 4) is 0 Å². The monoisotopic (exact) mass is 273 g/mol. The maximum Gasteiger partial charge on any atom is 0.318 e. The molecule has 20 heavy (non-hydrogen) atoms. The van der Waals surface area contributed by atoms with Gasteiger partial charge < -0.3 is 4.74 Å². The Kier molecular flexibility index (Phi) is 4.07. The van der Waals surface area contributed by atoms with Crippen LogP contribution < -0.4 is 0 Å². The highest BCUT2D eigenvalue weighted by Gasteiger charge is 2.33. The molecular formula is C17H18FO2. The Morgan fingerprint density at radius 1 is 1.15 bits per heavy atom. The average Bonchev–Trinajstić information content (AvgIpc) is 2.37. The maximum absolute atomic E-state index is 13.5. The van der Waals surface area contributed by atoms with Crippen molar-refractivity contribution in [3.63, 3.8) is 0 Å². The second-order valence-corrected chi connectivity index (χ2v) is 5.73. The van der Waals surface area contributed by atoms with Crippen molar-refractivity contribution in [2.24, 2.45) is 0 Å². The number of carbonyl (C=O) groups is 1. The molecule has 1 radical (unpaired) electrons. The number of ether oxygens (including phenoxy) is 1. The van der Waals surface area contributed by atoms with Gasteiger partial charge in [-0.15, -0.1) is 0 Å². The highest BCUT2D eigenvalue weighted by molar-refractivity contribution is 5.90. The lowest BCUT2D eigenvalue weighted by Gasteiger charge is -2.27. The zero-order valence-corrected chi connectivity index (χ0v) is 11.9. The van der Waals surface area contributed by atoms with Gasteiger partial charge >= 0.3 is 5.97 Å². The highest BCUT2D eigenvalue weighted by Crippen LogP contribution is 2.35. The third-order valence-electron chi connectivity index (χ3n) is 2.88. The summed E-state index contributed by atoms with van der Waals surface area (Å²) in [4.78, 5) is 12.2. The standard InChI is InChI=1S/C17H18FO2/c1-17(2,3)20-16(19)14-10-9-13(18)11-15(14)12-7-5-4-6-8-12/h4-11,15H,1-3H3. The fraction of sp³-hybridized carbons (Fsp3) is 0.294. The molecule has 1 atom stereocenters. The van der Waals surface area contributed by atoms with Gasteiger partial charge in [0.25, 0.3) is 0 Å². The first-order valence-electron chi connectivity index (χ1n) is 6.57. The topological polar surface area (TPSA) is 26.3 Å². The molecule has 0 aliphatic heterocycles. The SMILES string of the molecule is CC(C)(C)OC(=O)[C]1C=CC(F)=CC1c1ccccc1. The Labute approximate surface area is 119 Å². The van der Waals surface area contributed by atoms with Gasteiger partial charge in [0, 0.05) is 5.92 Å². The highest BCUT2D eigenvalue weighted by atomic mass is 19.1. The van der Waals surface area contributed by atoms with Crippen LogP contribution in [0.1, 0.15) is 32.3 Å².